The number of thiophene rings is 1. The summed E-state index contributed by atoms with van der Waals surface area (Å²) in [4.78, 5) is 16.6. The summed E-state index contributed by atoms with van der Waals surface area (Å²) in [6, 6.07) is 4.06. The highest BCUT2D eigenvalue weighted by Gasteiger charge is 2.39. The predicted octanol–water partition coefficient (Wildman–Crippen LogP) is 5.33. The van der Waals surface area contributed by atoms with Crippen molar-refractivity contribution < 1.29 is 31.1 Å². The van der Waals surface area contributed by atoms with Crippen LogP contribution in [0, 0.1) is 0 Å². The summed E-state index contributed by atoms with van der Waals surface area (Å²) in [7, 11) is 0. The molecule has 26 heavy (non-hydrogen) atoms. The first-order valence-electron chi connectivity index (χ1n) is 6.95. The minimum absolute atomic E-state index is 0.0356. The van der Waals surface area contributed by atoms with E-state index in [0.29, 0.717) is 17.4 Å². The SMILES string of the molecule is O=C(NCc1cccs1)c1nc2cc(C(F)(F)F)cc(C(F)(F)F)c2s1. The Kier molecular flexibility index (Phi) is 4.69. The standard InChI is InChI=1S/C15H8F6N2OS2/c16-14(17,18)7-4-9(15(19,20)21)11-10(5-7)23-13(26-11)12(24)22-6-8-2-1-3-25-8/h1-5H,6H2,(H,22,24). The predicted molar refractivity (Wildman–Crippen MR) is 85.1 cm³/mol. The van der Waals surface area contributed by atoms with Crippen molar-refractivity contribution in [1.82, 2.24) is 10.3 Å². The van der Waals surface area contributed by atoms with Crippen LogP contribution in [0.3, 0.4) is 0 Å². The van der Waals surface area contributed by atoms with E-state index < -0.39 is 39.6 Å². The van der Waals surface area contributed by atoms with Crippen molar-refractivity contribution in [3.8, 4) is 0 Å². The molecule has 0 aliphatic carbocycles. The van der Waals surface area contributed by atoms with Crippen LogP contribution < -0.4 is 5.32 Å². The summed E-state index contributed by atoms with van der Waals surface area (Å²) < 4.78 is 77.5. The Balaban J connectivity index is 2.00. The molecule has 0 saturated carbocycles. The number of alkyl halides is 6. The number of halogens is 6. The molecule has 0 atom stereocenters. The first-order chi connectivity index (χ1) is 12.1. The van der Waals surface area contributed by atoms with E-state index in [4.69, 9.17) is 0 Å². The molecule has 1 N–H and O–H groups in total. The van der Waals surface area contributed by atoms with E-state index in [2.05, 4.69) is 10.3 Å². The van der Waals surface area contributed by atoms with Gasteiger partial charge in [-0.25, -0.2) is 4.98 Å². The first kappa shape index (κ1) is 18.6. The fourth-order valence-electron chi connectivity index (χ4n) is 2.16. The molecule has 1 aromatic carbocycles. The van der Waals surface area contributed by atoms with Crippen molar-refractivity contribution in [3.63, 3.8) is 0 Å². The molecule has 0 radical (unpaired) electrons. The fraction of sp³-hybridized carbons (Fsp3) is 0.200. The maximum absolute atomic E-state index is 13.1. The molecule has 3 aromatic rings. The topological polar surface area (TPSA) is 42.0 Å². The molecule has 0 spiro atoms. The van der Waals surface area contributed by atoms with E-state index in [-0.39, 0.29) is 17.6 Å². The zero-order valence-electron chi connectivity index (χ0n) is 12.5. The van der Waals surface area contributed by atoms with E-state index in [9.17, 15) is 31.1 Å². The second-order valence-electron chi connectivity index (χ2n) is 5.15. The van der Waals surface area contributed by atoms with Gasteiger partial charge in [0.2, 0.25) is 0 Å². The van der Waals surface area contributed by atoms with Crippen molar-refractivity contribution in [2.75, 3.05) is 0 Å². The number of hydrogen-bond acceptors (Lipinski definition) is 4. The van der Waals surface area contributed by atoms with Gasteiger partial charge in [-0.05, 0) is 23.6 Å². The number of amides is 1. The Morgan fingerprint density at radius 1 is 1.12 bits per heavy atom. The van der Waals surface area contributed by atoms with Gasteiger partial charge in [-0.15, -0.1) is 22.7 Å². The Labute approximate surface area is 150 Å². The van der Waals surface area contributed by atoms with Crippen molar-refractivity contribution in [2.24, 2.45) is 0 Å². The van der Waals surface area contributed by atoms with Gasteiger partial charge in [-0.2, -0.15) is 26.3 Å². The minimum Gasteiger partial charge on any atom is -0.345 e. The third-order valence-corrected chi connectivity index (χ3v) is 5.30. The Hall–Kier alpha value is -2.14. The maximum Gasteiger partial charge on any atom is 0.417 e. The lowest BCUT2D eigenvalue weighted by Gasteiger charge is -2.11. The number of carbonyl (C=O) groups is 1. The number of aromatic nitrogens is 1. The number of nitrogens with zero attached hydrogens (tertiary/aromatic N) is 1. The molecule has 2 aromatic heterocycles. The lowest BCUT2D eigenvalue weighted by molar-refractivity contribution is -0.142. The van der Waals surface area contributed by atoms with Gasteiger partial charge in [0.25, 0.3) is 5.91 Å². The van der Waals surface area contributed by atoms with E-state index in [1.165, 1.54) is 11.3 Å². The molecule has 0 fully saturated rings. The van der Waals surface area contributed by atoms with Crippen LogP contribution in [-0.2, 0) is 18.9 Å². The van der Waals surface area contributed by atoms with Crippen LogP contribution in [0.25, 0.3) is 10.2 Å². The van der Waals surface area contributed by atoms with Crippen molar-refractivity contribution in [1.29, 1.82) is 0 Å². The quantitative estimate of drug-likeness (QED) is 0.594. The zero-order chi connectivity index (χ0) is 19.1. The Bertz CT molecular complexity index is 944. The van der Waals surface area contributed by atoms with Gasteiger partial charge < -0.3 is 5.32 Å². The lowest BCUT2D eigenvalue weighted by Crippen LogP contribution is -2.21. The summed E-state index contributed by atoms with van der Waals surface area (Å²) in [6.45, 7) is 0.145. The van der Waals surface area contributed by atoms with Crippen LogP contribution in [0.5, 0.6) is 0 Å². The third-order valence-electron chi connectivity index (χ3n) is 3.32. The summed E-state index contributed by atoms with van der Waals surface area (Å²) >= 11 is 1.78. The van der Waals surface area contributed by atoms with Crippen LogP contribution in [0.4, 0.5) is 26.3 Å². The van der Waals surface area contributed by atoms with E-state index >= 15 is 0 Å². The molecule has 11 heteroatoms. The van der Waals surface area contributed by atoms with E-state index in [1.54, 1.807) is 17.5 Å². The largest absolute Gasteiger partial charge is 0.417 e. The Morgan fingerprint density at radius 3 is 2.42 bits per heavy atom. The van der Waals surface area contributed by atoms with Crippen molar-refractivity contribution in [3.05, 3.63) is 50.7 Å². The summed E-state index contributed by atoms with van der Waals surface area (Å²) in [6.07, 6.45) is -9.96. The molecule has 3 rings (SSSR count). The van der Waals surface area contributed by atoms with Crippen LogP contribution in [-0.4, -0.2) is 10.9 Å². The number of benzene rings is 1. The number of hydrogen-bond donors (Lipinski definition) is 1. The molecular weight excluding hydrogens is 402 g/mol. The van der Waals surface area contributed by atoms with Gasteiger partial charge in [0.1, 0.15) is 0 Å². The number of nitrogens with one attached hydrogen (secondary N) is 1. The van der Waals surface area contributed by atoms with Crippen molar-refractivity contribution in [2.45, 2.75) is 18.9 Å². The molecule has 0 aliphatic rings. The minimum atomic E-state index is -5.00. The van der Waals surface area contributed by atoms with Gasteiger partial charge in [-0.3, -0.25) is 4.79 Å². The second-order valence-corrected chi connectivity index (χ2v) is 7.18. The molecule has 2 heterocycles. The fourth-order valence-corrected chi connectivity index (χ4v) is 3.80. The van der Waals surface area contributed by atoms with Gasteiger partial charge >= 0.3 is 12.4 Å². The highest BCUT2D eigenvalue weighted by molar-refractivity contribution is 7.20. The van der Waals surface area contributed by atoms with Crippen LogP contribution in [0.2, 0.25) is 0 Å². The Morgan fingerprint density at radius 2 is 1.85 bits per heavy atom. The molecule has 0 saturated heterocycles. The highest BCUT2D eigenvalue weighted by atomic mass is 32.1. The zero-order valence-corrected chi connectivity index (χ0v) is 14.2. The number of rotatable bonds is 3. The van der Waals surface area contributed by atoms with Crippen molar-refractivity contribution >= 4 is 38.8 Å². The van der Waals surface area contributed by atoms with Crippen LogP contribution in [0.15, 0.2) is 29.6 Å². The molecule has 0 aliphatic heterocycles. The second kappa shape index (κ2) is 6.54. The maximum atomic E-state index is 13.1. The van der Waals surface area contributed by atoms with Gasteiger partial charge in [0.05, 0.1) is 27.9 Å². The molecule has 0 unspecified atom stereocenters. The number of fused-ring (bicyclic) bond motifs is 1. The number of carbonyl (C=O) groups excluding carboxylic acids is 1. The first-order valence-corrected chi connectivity index (χ1v) is 8.65. The molecular formula is C15H8F6N2OS2. The number of thiazole rings is 1. The van der Waals surface area contributed by atoms with E-state index in [1.807, 2.05) is 0 Å². The summed E-state index contributed by atoms with van der Waals surface area (Å²) in [5.74, 6) is -0.749. The smallest absolute Gasteiger partial charge is 0.345 e. The molecule has 1 amide bonds. The molecule has 3 nitrogen and oxygen atoms in total. The van der Waals surface area contributed by atoms with E-state index in [0.717, 1.165) is 4.88 Å². The normalized spacial score (nSPS) is 12.5. The average Bonchev–Trinajstić information content (AvgIpc) is 3.18. The monoisotopic (exact) mass is 410 g/mol. The average molecular weight is 410 g/mol. The van der Waals surface area contributed by atoms with Gasteiger partial charge in [0.15, 0.2) is 5.01 Å². The summed E-state index contributed by atoms with van der Waals surface area (Å²) in [5.41, 5.74) is -3.44. The third kappa shape index (κ3) is 3.83. The molecule has 138 valence electrons. The summed E-state index contributed by atoms with van der Waals surface area (Å²) in [5, 5.41) is 3.93. The molecule has 0 bridgehead atoms. The lowest BCUT2D eigenvalue weighted by atomic mass is 10.1. The van der Waals surface area contributed by atoms with Gasteiger partial charge in [0, 0.05) is 4.88 Å². The highest BCUT2D eigenvalue weighted by Crippen LogP contribution is 2.41. The van der Waals surface area contributed by atoms with Crippen LogP contribution in [0.1, 0.15) is 25.8 Å². The van der Waals surface area contributed by atoms with Gasteiger partial charge in [-0.1, -0.05) is 6.07 Å². The van der Waals surface area contributed by atoms with Crippen LogP contribution >= 0.6 is 22.7 Å².